The van der Waals surface area contributed by atoms with Crippen molar-refractivity contribution in [2.24, 2.45) is 0 Å². The lowest BCUT2D eigenvalue weighted by Gasteiger charge is -2.39. The van der Waals surface area contributed by atoms with E-state index >= 15 is 0 Å². The second-order valence-corrected chi connectivity index (χ2v) is 9.63. The van der Waals surface area contributed by atoms with Crippen LogP contribution in [0.25, 0.3) is 5.69 Å². The van der Waals surface area contributed by atoms with Crippen molar-refractivity contribution >= 4 is 24.2 Å². The molecule has 3 aromatic rings. The van der Waals surface area contributed by atoms with Crippen molar-refractivity contribution in [1.29, 1.82) is 0 Å². The van der Waals surface area contributed by atoms with Crippen LogP contribution in [0.1, 0.15) is 49.1 Å². The molecule has 10 nitrogen and oxygen atoms in total. The Hall–Kier alpha value is -3.71. The molecule has 0 saturated carbocycles. The number of hydrogen-bond donors (Lipinski definition) is 2. The quantitative estimate of drug-likeness (QED) is 0.345. The summed E-state index contributed by atoms with van der Waals surface area (Å²) >= 11 is 0. The molecule has 1 fully saturated rings. The molecule has 0 aliphatic carbocycles. The van der Waals surface area contributed by atoms with Crippen LogP contribution in [0, 0.1) is 0 Å². The molecule has 2 amide bonds. The molecule has 1 aromatic heterocycles. The Labute approximate surface area is 242 Å². The summed E-state index contributed by atoms with van der Waals surface area (Å²) in [7, 11) is 1.50. The average Bonchev–Trinajstić information content (AvgIpc) is 3.45. The molecule has 1 saturated heterocycles. The third-order valence-electron chi connectivity index (χ3n) is 6.92. The van der Waals surface area contributed by atoms with Crippen molar-refractivity contribution < 1.29 is 27.5 Å². The molecule has 2 aromatic carbocycles. The van der Waals surface area contributed by atoms with Crippen LogP contribution in [0.15, 0.2) is 48.5 Å². The van der Waals surface area contributed by atoms with Crippen molar-refractivity contribution in [3.63, 3.8) is 0 Å². The topological polar surface area (TPSA) is 114 Å². The summed E-state index contributed by atoms with van der Waals surface area (Å²) in [5, 5.41) is 16.1. The molecule has 4 rings (SSSR count). The minimum Gasteiger partial charge on any atom is -0.496 e. The number of benzene rings is 2. The Morgan fingerprint density at radius 1 is 1.15 bits per heavy atom. The molecular formula is C27H33ClF3N7O3. The van der Waals surface area contributed by atoms with Gasteiger partial charge in [0.25, 0.3) is 5.82 Å². The van der Waals surface area contributed by atoms with Gasteiger partial charge in [0.05, 0.1) is 12.8 Å². The fourth-order valence-electron chi connectivity index (χ4n) is 4.94. The van der Waals surface area contributed by atoms with Gasteiger partial charge in [0.15, 0.2) is 0 Å². The predicted molar refractivity (Wildman–Crippen MR) is 147 cm³/mol. The van der Waals surface area contributed by atoms with Crippen molar-refractivity contribution in [2.45, 2.75) is 50.9 Å². The maximum Gasteiger partial charge on any atom is 0.453 e. The van der Waals surface area contributed by atoms with Gasteiger partial charge in [0, 0.05) is 57.0 Å². The molecule has 222 valence electrons. The number of alkyl halides is 3. The first-order valence-corrected chi connectivity index (χ1v) is 13.0. The second-order valence-electron chi connectivity index (χ2n) is 9.63. The first kappa shape index (κ1) is 31.8. The molecule has 14 heteroatoms. The number of carbonyl (C=O) groups excluding carboxylic acids is 2. The van der Waals surface area contributed by atoms with Gasteiger partial charge in [-0.15, -0.1) is 17.5 Å². The number of tetrazole rings is 1. The van der Waals surface area contributed by atoms with Crippen LogP contribution in [-0.4, -0.2) is 69.7 Å². The number of piperidine rings is 1. The highest BCUT2D eigenvalue weighted by Crippen LogP contribution is 2.31. The standard InChI is InChI=1S/C27H32F3N7O3.ClH/c1-18(38)31-13-6-9-25(39)36-14-12-23(22(17-36)19-7-4-3-5-8-19)32-16-20-15-21(10-11-24(20)40-2)37-26(27(28,29)30)33-34-35-37;/h3-5,7-8,10-11,15,22-23,32H,6,9,12-14,16-17H2,1-2H3,(H,31,38);1H. The number of nitrogens with one attached hydrogen (secondary N) is 2. The molecule has 1 aliphatic rings. The van der Waals surface area contributed by atoms with Crippen LogP contribution in [0.5, 0.6) is 5.75 Å². The lowest BCUT2D eigenvalue weighted by atomic mass is 9.85. The number of methoxy groups -OCH3 is 1. The maximum atomic E-state index is 13.4. The molecule has 2 atom stereocenters. The van der Waals surface area contributed by atoms with Crippen molar-refractivity contribution in [1.82, 2.24) is 35.7 Å². The van der Waals surface area contributed by atoms with E-state index in [4.69, 9.17) is 4.74 Å². The maximum absolute atomic E-state index is 13.4. The molecule has 2 heterocycles. The number of carbonyl (C=O) groups is 2. The van der Waals surface area contributed by atoms with Gasteiger partial charge < -0.3 is 20.3 Å². The Kier molecular flexibility index (Phi) is 11.1. The minimum atomic E-state index is -4.71. The van der Waals surface area contributed by atoms with Crippen molar-refractivity contribution in [3.05, 3.63) is 65.5 Å². The summed E-state index contributed by atoms with van der Waals surface area (Å²) in [5.74, 6) is -0.777. The van der Waals surface area contributed by atoms with Gasteiger partial charge in [-0.1, -0.05) is 30.3 Å². The summed E-state index contributed by atoms with van der Waals surface area (Å²) in [5.41, 5.74) is 1.89. The van der Waals surface area contributed by atoms with Gasteiger partial charge in [0.2, 0.25) is 11.8 Å². The zero-order valence-electron chi connectivity index (χ0n) is 22.7. The highest BCUT2D eigenvalue weighted by atomic mass is 35.5. The Morgan fingerprint density at radius 3 is 2.59 bits per heavy atom. The highest BCUT2D eigenvalue weighted by Gasteiger charge is 2.38. The number of nitrogens with zero attached hydrogens (tertiary/aromatic N) is 5. The smallest absolute Gasteiger partial charge is 0.453 e. The van der Waals surface area contributed by atoms with Gasteiger partial charge >= 0.3 is 6.18 Å². The van der Waals surface area contributed by atoms with E-state index in [1.807, 2.05) is 35.2 Å². The number of hydrogen-bond acceptors (Lipinski definition) is 7. The minimum absolute atomic E-state index is 0. The lowest BCUT2D eigenvalue weighted by molar-refractivity contribution is -0.146. The zero-order valence-corrected chi connectivity index (χ0v) is 23.5. The van der Waals surface area contributed by atoms with Crippen LogP contribution in [0.2, 0.25) is 0 Å². The summed E-state index contributed by atoms with van der Waals surface area (Å²) in [6.45, 7) is 3.31. The van der Waals surface area contributed by atoms with Gasteiger partial charge in [-0.2, -0.15) is 17.9 Å². The predicted octanol–water partition coefficient (Wildman–Crippen LogP) is 3.50. The number of amides is 2. The van der Waals surface area contributed by atoms with Crippen LogP contribution in [-0.2, 0) is 22.3 Å². The molecule has 0 radical (unpaired) electrons. The zero-order chi connectivity index (χ0) is 28.7. The molecule has 1 aliphatic heterocycles. The van der Waals surface area contributed by atoms with Gasteiger partial charge in [-0.05, 0) is 47.0 Å². The SMILES string of the molecule is COc1ccc(-n2nnnc2C(F)(F)F)cc1CNC1CCN(C(=O)CCCNC(C)=O)CC1c1ccccc1.Cl. The van der Waals surface area contributed by atoms with E-state index < -0.39 is 12.0 Å². The van der Waals surface area contributed by atoms with E-state index in [2.05, 4.69) is 26.2 Å². The molecule has 2 N–H and O–H groups in total. The first-order chi connectivity index (χ1) is 19.2. The third-order valence-corrected chi connectivity index (χ3v) is 6.92. The summed E-state index contributed by atoms with van der Waals surface area (Å²) in [6.07, 6.45) is -3.11. The van der Waals surface area contributed by atoms with Crippen molar-refractivity contribution in [3.8, 4) is 11.4 Å². The summed E-state index contributed by atoms with van der Waals surface area (Å²) in [4.78, 5) is 25.9. The van der Waals surface area contributed by atoms with E-state index in [9.17, 15) is 22.8 Å². The second kappa shape index (κ2) is 14.3. The fraction of sp³-hybridized carbons (Fsp3) is 0.444. The summed E-state index contributed by atoms with van der Waals surface area (Å²) < 4.78 is 46.2. The van der Waals surface area contributed by atoms with Crippen LogP contribution < -0.4 is 15.4 Å². The number of halogens is 4. The van der Waals surface area contributed by atoms with Crippen LogP contribution >= 0.6 is 12.4 Å². The molecule has 2 unspecified atom stereocenters. The van der Waals surface area contributed by atoms with Crippen LogP contribution in [0.3, 0.4) is 0 Å². The van der Waals surface area contributed by atoms with E-state index in [1.54, 1.807) is 12.1 Å². The molecule has 0 bridgehead atoms. The Bertz CT molecular complexity index is 1310. The van der Waals surface area contributed by atoms with Gasteiger partial charge in [-0.25, -0.2) is 0 Å². The monoisotopic (exact) mass is 595 g/mol. The van der Waals surface area contributed by atoms with E-state index in [1.165, 1.54) is 20.1 Å². The molecule has 41 heavy (non-hydrogen) atoms. The summed E-state index contributed by atoms with van der Waals surface area (Å²) in [6, 6.07) is 14.5. The largest absolute Gasteiger partial charge is 0.496 e. The third kappa shape index (κ3) is 8.17. The molecular weight excluding hydrogens is 563 g/mol. The Balaban J connectivity index is 0.00000462. The number of aromatic nitrogens is 4. The van der Waals surface area contributed by atoms with Crippen LogP contribution in [0.4, 0.5) is 13.2 Å². The number of rotatable bonds is 10. The average molecular weight is 596 g/mol. The fourth-order valence-corrected chi connectivity index (χ4v) is 4.94. The first-order valence-electron chi connectivity index (χ1n) is 13.0. The van der Waals surface area contributed by atoms with Gasteiger partial charge in [-0.3, -0.25) is 9.59 Å². The molecule has 0 spiro atoms. The van der Waals surface area contributed by atoms with E-state index in [-0.39, 0.29) is 41.9 Å². The highest BCUT2D eigenvalue weighted by molar-refractivity contribution is 5.85. The van der Waals surface area contributed by atoms with E-state index in [0.717, 1.165) is 5.56 Å². The lowest BCUT2D eigenvalue weighted by Crippen LogP contribution is -2.49. The van der Waals surface area contributed by atoms with E-state index in [0.29, 0.717) is 61.4 Å². The number of likely N-dealkylation sites (tertiary alicyclic amines) is 1. The van der Waals surface area contributed by atoms with Crippen molar-refractivity contribution in [2.75, 3.05) is 26.7 Å². The van der Waals surface area contributed by atoms with Gasteiger partial charge in [0.1, 0.15) is 5.75 Å². The Morgan fingerprint density at radius 2 is 1.90 bits per heavy atom. The normalized spacial score (nSPS) is 17.0. The number of ether oxygens (including phenoxy) is 1.